The molecular weight excluding hydrogens is 318 g/mol. The van der Waals surface area contributed by atoms with Crippen LogP contribution in [0.25, 0.3) is 0 Å². The van der Waals surface area contributed by atoms with Gasteiger partial charge in [0.05, 0.1) is 6.54 Å². The summed E-state index contributed by atoms with van der Waals surface area (Å²) in [6.45, 7) is 0.662. The molecule has 0 amide bonds. The summed E-state index contributed by atoms with van der Waals surface area (Å²) in [5, 5.41) is 0. The van der Waals surface area contributed by atoms with Gasteiger partial charge in [-0.3, -0.25) is 9.79 Å². The number of hydrogen-bond acceptors (Lipinski definition) is 2. The Labute approximate surface area is 154 Å². The van der Waals surface area contributed by atoms with Crippen molar-refractivity contribution >= 4 is 11.5 Å². The quantitative estimate of drug-likeness (QED) is 0.796. The first-order chi connectivity index (χ1) is 12.8. The van der Waals surface area contributed by atoms with Crippen LogP contribution in [0.15, 0.2) is 89.0 Å². The van der Waals surface area contributed by atoms with E-state index >= 15 is 0 Å². The van der Waals surface area contributed by atoms with Gasteiger partial charge in [0.1, 0.15) is 5.71 Å². The van der Waals surface area contributed by atoms with Crippen molar-refractivity contribution in [1.82, 2.24) is 0 Å². The van der Waals surface area contributed by atoms with Crippen molar-refractivity contribution in [2.45, 2.75) is 24.7 Å². The fourth-order valence-corrected chi connectivity index (χ4v) is 4.27. The van der Waals surface area contributed by atoms with Gasteiger partial charge < -0.3 is 0 Å². The summed E-state index contributed by atoms with van der Waals surface area (Å²) in [6.07, 6.45) is 7.39. The zero-order valence-corrected chi connectivity index (χ0v) is 14.7. The molecule has 2 aromatic rings. The van der Waals surface area contributed by atoms with Gasteiger partial charge in [-0.25, -0.2) is 0 Å². The van der Waals surface area contributed by atoms with Crippen molar-refractivity contribution in [3.8, 4) is 0 Å². The second-order valence-corrected chi connectivity index (χ2v) is 7.53. The van der Waals surface area contributed by atoms with Gasteiger partial charge in [-0.2, -0.15) is 0 Å². The van der Waals surface area contributed by atoms with Gasteiger partial charge in [-0.05, 0) is 36.0 Å². The highest BCUT2D eigenvalue weighted by atomic mass is 16.1. The third-order valence-electron chi connectivity index (χ3n) is 5.85. The lowest BCUT2D eigenvalue weighted by molar-refractivity contribution is -0.113. The average Bonchev–Trinajstić information content (AvgIpc) is 3.48. The molecule has 1 heterocycles. The number of benzene rings is 2. The third kappa shape index (κ3) is 2.40. The molecule has 5 rings (SSSR count). The Morgan fingerprint density at radius 2 is 1.54 bits per heavy atom. The summed E-state index contributed by atoms with van der Waals surface area (Å²) < 4.78 is 0. The first-order valence-corrected chi connectivity index (χ1v) is 9.39. The van der Waals surface area contributed by atoms with Crippen LogP contribution in [0.4, 0.5) is 0 Å². The maximum absolute atomic E-state index is 12.6. The lowest BCUT2D eigenvalue weighted by Gasteiger charge is -2.35. The largest absolute Gasteiger partial charge is 0.292 e. The molecule has 1 saturated carbocycles. The number of aliphatic imine (C=N–C) groups is 1. The van der Waals surface area contributed by atoms with Gasteiger partial charge in [0, 0.05) is 16.9 Å². The van der Waals surface area contributed by atoms with Gasteiger partial charge in [-0.15, -0.1) is 0 Å². The van der Waals surface area contributed by atoms with Crippen LogP contribution in [-0.4, -0.2) is 18.0 Å². The standard InChI is InChI=1S/C24H21NO/c26-23(17-11-12-17)22-21-13-14-24(15-18(21)16-25-22,19-7-3-1-4-8-19)20-9-5-2-6-10-20/h1-10,13-14,17H,11-12,15-16H2. The molecule has 0 radical (unpaired) electrons. The Kier molecular flexibility index (Phi) is 3.53. The second-order valence-electron chi connectivity index (χ2n) is 7.53. The zero-order valence-electron chi connectivity index (χ0n) is 14.7. The monoisotopic (exact) mass is 339 g/mol. The smallest absolute Gasteiger partial charge is 0.184 e. The number of carbonyl (C=O) groups is 1. The highest BCUT2D eigenvalue weighted by molar-refractivity contribution is 6.48. The van der Waals surface area contributed by atoms with E-state index in [9.17, 15) is 4.79 Å². The van der Waals surface area contributed by atoms with Crippen LogP contribution in [0.3, 0.4) is 0 Å². The van der Waals surface area contributed by atoms with Gasteiger partial charge in [0.2, 0.25) is 0 Å². The van der Waals surface area contributed by atoms with E-state index in [1.165, 1.54) is 16.7 Å². The second kappa shape index (κ2) is 5.91. The summed E-state index contributed by atoms with van der Waals surface area (Å²) in [4.78, 5) is 17.2. The number of ketones is 1. The molecule has 0 bridgehead atoms. The SMILES string of the molecule is O=C(C1=NCC2=C1C=CC(c1ccccc1)(c1ccccc1)C2)C1CC1. The number of Topliss-reactive ketones (excluding diaryl/α,β-unsaturated/α-hetero) is 1. The molecule has 26 heavy (non-hydrogen) atoms. The van der Waals surface area contributed by atoms with Crippen molar-refractivity contribution < 1.29 is 4.79 Å². The van der Waals surface area contributed by atoms with E-state index in [0.717, 1.165) is 30.5 Å². The number of carbonyl (C=O) groups excluding carboxylic acids is 1. The molecule has 0 aromatic heterocycles. The molecule has 1 fully saturated rings. The minimum absolute atomic E-state index is 0.186. The number of nitrogens with zero attached hydrogens (tertiary/aromatic N) is 1. The fourth-order valence-electron chi connectivity index (χ4n) is 4.27. The van der Waals surface area contributed by atoms with Crippen molar-refractivity contribution in [2.75, 3.05) is 6.54 Å². The van der Waals surface area contributed by atoms with Crippen molar-refractivity contribution in [1.29, 1.82) is 0 Å². The molecule has 0 unspecified atom stereocenters. The van der Waals surface area contributed by atoms with Crippen LogP contribution >= 0.6 is 0 Å². The van der Waals surface area contributed by atoms with Gasteiger partial charge in [0.25, 0.3) is 0 Å². The van der Waals surface area contributed by atoms with Crippen LogP contribution < -0.4 is 0 Å². The summed E-state index contributed by atoms with van der Waals surface area (Å²) in [5.41, 5.74) is 5.50. The average molecular weight is 339 g/mol. The molecule has 0 N–H and O–H groups in total. The van der Waals surface area contributed by atoms with Crippen LogP contribution in [0.2, 0.25) is 0 Å². The lowest BCUT2D eigenvalue weighted by atomic mass is 9.67. The summed E-state index contributed by atoms with van der Waals surface area (Å²) in [5.74, 6) is 0.482. The first-order valence-electron chi connectivity index (χ1n) is 9.39. The summed E-state index contributed by atoms with van der Waals surface area (Å²) >= 11 is 0. The lowest BCUT2D eigenvalue weighted by Crippen LogP contribution is -2.29. The van der Waals surface area contributed by atoms with E-state index < -0.39 is 0 Å². The molecule has 0 spiro atoms. The van der Waals surface area contributed by atoms with E-state index in [-0.39, 0.29) is 17.1 Å². The maximum atomic E-state index is 12.6. The van der Waals surface area contributed by atoms with Gasteiger partial charge >= 0.3 is 0 Å². The molecular formula is C24H21NO. The predicted molar refractivity (Wildman–Crippen MR) is 104 cm³/mol. The Balaban J connectivity index is 1.57. The van der Waals surface area contributed by atoms with Gasteiger partial charge in [0.15, 0.2) is 5.78 Å². The van der Waals surface area contributed by atoms with Crippen molar-refractivity contribution in [3.05, 3.63) is 95.1 Å². The van der Waals surface area contributed by atoms with E-state index in [2.05, 4.69) is 77.8 Å². The molecule has 2 nitrogen and oxygen atoms in total. The van der Waals surface area contributed by atoms with E-state index in [1.54, 1.807) is 0 Å². The maximum Gasteiger partial charge on any atom is 0.184 e. The Morgan fingerprint density at radius 3 is 2.12 bits per heavy atom. The first kappa shape index (κ1) is 15.5. The van der Waals surface area contributed by atoms with Crippen molar-refractivity contribution in [3.63, 3.8) is 0 Å². The van der Waals surface area contributed by atoms with E-state index in [0.29, 0.717) is 6.54 Å². The van der Waals surface area contributed by atoms with Crippen molar-refractivity contribution in [2.24, 2.45) is 10.9 Å². The van der Waals surface area contributed by atoms with Crippen LogP contribution in [0.5, 0.6) is 0 Å². The number of hydrogen-bond donors (Lipinski definition) is 0. The highest BCUT2D eigenvalue weighted by Crippen LogP contribution is 2.45. The summed E-state index contributed by atoms with van der Waals surface area (Å²) in [6, 6.07) is 21.3. The number of rotatable bonds is 4. The molecule has 2 heteroatoms. The molecule has 128 valence electrons. The molecule has 0 saturated heterocycles. The van der Waals surface area contributed by atoms with Crippen LogP contribution in [0, 0.1) is 5.92 Å². The minimum Gasteiger partial charge on any atom is -0.292 e. The van der Waals surface area contributed by atoms with E-state index in [4.69, 9.17) is 0 Å². The Morgan fingerprint density at radius 1 is 0.923 bits per heavy atom. The third-order valence-corrected chi connectivity index (χ3v) is 5.85. The number of allylic oxidation sites excluding steroid dienone is 3. The zero-order chi connectivity index (χ0) is 17.6. The topological polar surface area (TPSA) is 29.4 Å². The minimum atomic E-state index is -0.186. The van der Waals surface area contributed by atoms with Crippen LogP contribution in [-0.2, 0) is 10.2 Å². The molecule has 0 atom stereocenters. The highest BCUT2D eigenvalue weighted by Gasteiger charge is 2.41. The summed E-state index contributed by atoms with van der Waals surface area (Å²) in [7, 11) is 0. The Hall–Kier alpha value is -2.74. The molecule has 2 aliphatic carbocycles. The molecule has 2 aromatic carbocycles. The Bertz CT molecular complexity index is 907. The van der Waals surface area contributed by atoms with E-state index in [1.807, 2.05) is 0 Å². The normalized spacial score (nSPS) is 20.7. The molecule has 3 aliphatic rings. The van der Waals surface area contributed by atoms with Crippen LogP contribution in [0.1, 0.15) is 30.4 Å². The molecule has 1 aliphatic heterocycles. The van der Waals surface area contributed by atoms with Gasteiger partial charge in [-0.1, -0.05) is 72.8 Å². The fraction of sp³-hybridized carbons (Fsp3) is 0.250. The predicted octanol–water partition coefficient (Wildman–Crippen LogP) is 4.66.